The highest BCUT2D eigenvalue weighted by atomic mass is 79.9. The first kappa shape index (κ1) is 14.2. The van der Waals surface area contributed by atoms with Crippen LogP contribution in [0.4, 0.5) is 0 Å². The largest absolute Gasteiger partial charge is 0.312 e. The van der Waals surface area contributed by atoms with Crippen LogP contribution in [0.3, 0.4) is 0 Å². The molecule has 0 spiro atoms. The van der Waals surface area contributed by atoms with Crippen LogP contribution in [0, 0.1) is 6.92 Å². The van der Waals surface area contributed by atoms with Crippen molar-refractivity contribution in [3.8, 4) is 0 Å². The van der Waals surface area contributed by atoms with Crippen molar-refractivity contribution in [2.24, 2.45) is 0 Å². The molecule has 0 aliphatic rings. The normalized spacial score (nSPS) is 14.1. The molecule has 100 valence electrons. The maximum Gasteiger partial charge on any atom is 0.0450 e. The molecule has 0 radical (unpaired) electrons. The van der Waals surface area contributed by atoms with Crippen molar-refractivity contribution in [2.45, 2.75) is 25.8 Å². The van der Waals surface area contributed by atoms with Gasteiger partial charge in [-0.1, -0.05) is 35.0 Å². The zero-order valence-electron chi connectivity index (χ0n) is 11.5. The number of likely N-dealkylation sites (N-methyl/N-ethyl adjacent to an activating group) is 1. The first-order valence-corrected chi connectivity index (χ1v) is 7.27. The van der Waals surface area contributed by atoms with Crippen LogP contribution in [0.1, 0.15) is 35.7 Å². The maximum atomic E-state index is 4.47. The molecular formula is C16H19BrN2. The highest BCUT2D eigenvalue weighted by Gasteiger charge is 2.21. The molecule has 2 rings (SSSR count). The van der Waals surface area contributed by atoms with E-state index in [0.717, 1.165) is 10.2 Å². The average molecular weight is 319 g/mol. The van der Waals surface area contributed by atoms with E-state index in [4.69, 9.17) is 0 Å². The van der Waals surface area contributed by atoms with Crippen molar-refractivity contribution in [3.05, 3.63) is 63.9 Å². The van der Waals surface area contributed by atoms with E-state index in [9.17, 15) is 0 Å². The molecule has 3 heteroatoms. The Hall–Kier alpha value is -1.19. The van der Waals surface area contributed by atoms with Gasteiger partial charge in [0.2, 0.25) is 0 Å². The molecule has 0 amide bonds. The van der Waals surface area contributed by atoms with E-state index in [1.54, 1.807) is 0 Å². The number of rotatable bonds is 4. The number of aryl methyl sites for hydroxylation is 1. The van der Waals surface area contributed by atoms with E-state index in [0.29, 0.717) is 5.92 Å². The van der Waals surface area contributed by atoms with Crippen LogP contribution in [0.5, 0.6) is 0 Å². The molecule has 19 heavy (non-hydrogen) atoms. The zero-order chi connectivity index (χ0) is 13.8. The highest BCUT2D eigenvalue weighted by molar-refractivity contribution is 9.10. The second-order valence-electron chi connectivity index (χ2n) is 4.81. The summed E-state index contributed by atoms with van der Waals surface area (Å²) in [5.41, 5.74) is 3.73. The third-order valence-corrected chi connectivity index (χ3v) is 4.03. The van der Waals surface area contributed by atoms with Gasteiger partial charge in [0.15, 0.2) is 0 Å². The third-order valence-electron chi connectivity index (χ3n) is 3.53. The summed E-state index contributed by atoms with van der Waals surface area (Å²) in [5, 5.41) is 3.42. The summed E-state index contributed by atoms with van der Waals surface area (Å²) >= 11 is 3.52. The predicted molar refractivity (Wildman–Crippen MR) is 83.3 cm³/mol. The minimum absolute atomic E-state index is 0.267. The minimum atomic E-state index is 0.267. The van der Waals surface area contributed by atoms with E-state index >= 15 is 0 Å². The average Bonchev–Trinajstić information content (AvgIpc) is 2.42. The number of halogens is 1. The molecular weight excluding hydrogens is 300 g/mol. The quantitative estimate of drug-likeness (QED) is 0.913. The van der Waals surface area contributed by atoms with Crippen LogP contribution >= 0.6 is 15.9 Å². The molecule has 0 saturated heterocycles. The van der Waals surface area contributed by atoms with Crippen molar-refractivity contribution in [1.82, 2.24) is 10.3 Å². The topological polar surface area (TPSA) is 24.9 Å². The Bertz CT molecular complexity index is 540. The molecule has 2 aromatic rings. The van der Waals surface area contributed by atoms with Crippen molar-refractivity contribution in [2.75, 3.05) is 7.05 Å². The number of hydrogen-bond donors (Lipinski definition) is 1. The lowest BCUT2D eigenvalue weighted by Crippen LogP contribution is -2.23. The van der Waals surface area contributed by atoms with Gasteiger partial charge < -0.3 is 5.32 Å². The molecule has 2 atom stereocenters. The zero-order valence-corrected chi connectivity index (χ0v) is 13.1. The SMILES string of the molecule is CNC(c1ccc(Br)cc1C)C(C)c1ccccn1. The monoisotopic (exact) mass is 318 g/mol. The molecule has 0 saturated carbocycles. The minimum Gasteiger partial charge on any atom is -0.312 e. The third kappa shape index (κ3) is 3.23. The van der Waals surface area contributed by atoms with Gasteiger partial charge in [0, 0.05) is 28.3 Å². The van der Waals surface area contributed by atoms with Crippen LogP contribution < -0.4 is 5.32 Å². The van der Waals surface area contributed by atoms with E-state index in [1.165, 1.54) is 11.1 Å². The fourth-order valence-electron chi connectivity index (χ4n) is 2.48. The van der Waals surface area contributed by atoms with Crippen molar-refractivity contribution < 1.29 is 0 Å². The number of hydrogen-bond acceptors (Lipinski definition) is 2. The van der Waals surface area contributed by atoms with E-state index in [-0.39, 0.29) is 6.04 Å². The summed E-state index contributed by atoms with van der Waals surface area (Å²) in [4.78, 5) is 4.47. The molecule has 2 nitrogen and oxygen atoms in total. The lowest BCUT2D eigenvalue weighted by Gasteiger charge is -2.25. The molecule has 0 aliphatic carbocycles. The molecule has 0 fully saturated rings. The first-order valence-electron chi connectivity index (χ1n) is 6.47. The molecule has 0 aliphatic heterocycles. The summed E-state index contributed by atoms with van der Waals surface area (Å²) in [6.07, 6.45) is 1.85. The van der Waals surface area contributed by atoms with Crippen molar-refractivity contribution >= 4 is 15.9 Å². The second kappa shape index (κ2) is 6.31. The Morgan fingerprint density at radius 3 is 2.58 bits per heavy atom. The van der Waals surface area contributed by atoms with E-state index in [2.05, 4.69) is 64.3 Å². The lowest BCUT2D eigenvalue weighted by atomic mass is 9.89. The summed E-state index contributed by atoms with van der Waals surface area (Å²) in [5.74, 6) is 0.325. The van der Waals surface area contributed by atoms with E-state index < -0.39 is 0 Å². The van der Waals surface area contributed by atoms with Crippen LogP contribution in [-0.4, -0.2) is 12.0 Å². The fourth-order valence-corrected chi connectivity index (χ4v) is 2.95. The van der Waals surface area contributed by atoms with Crippen LogP contribution in [0.2, 0.25) is 0 Å². The number of aromatic nitrogens is 1. The Labute approximate surface area is 123 Å². The van der Waals surface area contributed by atoms with Gasteiger partial charge in [-0.15, -0.1) is 0 Å². The lowest BCUT2D eigenvalue weighted by molar-refractivity contribution is 0.497. The highest BCUT2D eigenvalue weighted by Crippen LogP contribution is 2.32. The smallest absolute Gasteiger partial charge is 0.0450 e. The van der Waals surface area contributed by atoms with Gasteiger partial charge in [0.25, 0.3) is 0 Å². The molecule has 1 aromatic carbocycles. The molecule has 0 bridgehead atoms. The van der Waals surface area contributed by atoms with Crippen molar-refractivity contribution in [3.63, 3.8) is 0 Å². The van der Waals surface area contributed by atoms with E-state index in [1.807, 2.05) is 25.4 Å². The van der Waals surface area contributed by atoms with Gasteiger partial charge in [-0.05, 0) is 49.4 Å². The molecule has 2 unspecified atom stereocenters. The van der Waals surface area contributed by atoms with Gasteiger partial charge in [0.1, 0.15) is 0 Å². The number of nitrogens with zero attached hydrogens (tertiary/aromatic N) is 1. The Morgan fingerprint density at radius 2 is 2.00 bits per heavy atom. The van der Waals surface area contributed by atoms with Gasteiger partial charge in [-0.3, -0.25) is 4.98 Å². The van der Waals surface area contributed by atoms with Crippen molar-refractivity contribution in [1.29, 1.82) is 0 Å². The number of pyridine rings is 1. The first-order chi connectivity index (χ1) is 9.13. The standard InChI is InChI=1S/C16H19BrN2/c1-11-10-13(17)7-8-14(11)16(18-3)12(2)15-6-4-5-9-19-15/h4-10,12,16,18H,1-3H3. The fraction of sp³-hybridized carbons (Fsp3) is 0.312. The number of nitrogens with one attached hydrogen (secondary N) is 1. The molecule has 1 heterocycles. The Kier molecular flexibility index (Phi) is 4.72. The Balaban J connectivity index is 2.34. The number of benzene rings is 1. The molecule has 1 N–H and O–H groups in total. The van der Waals surface area contributed by atoms with Gasteiger partial charge >= 0.3 is 0 Å². The Morgan fingerprint density at radius 1 is 1.21 bits per heavy atom. The summed E-state index contributed by atoms with van der Waals surface area (Å²) < 4.78 is 1.12. The van der Waals surface area contributed by atoms with Crippen LogP contribution in [0.25, 0.3) is 0 Å². The van der Waals surface area contributed by atoms with Crippen LogP contribution in [0.15, 0.2) is 47.1 Å². The summed E-state index contributed by atoms with van der Waals surface area (Å²) in [6, 6.07) is 12.8. The van der Waals surface area contributed by atoms with Crippen LogP contribution in [-0.2, 0) is 0 Å². The second-order valence-corrected chi connectivity index (χ2v) is 5.73. The van der Waals surface area contributed by atoms with Gasteiger partial charge in [-0.25, -0.2) is 0 Å². The molecule has 1 aromatic heterocycles. The maximum absolute atomic E-state index is 4.47. The predicted octanol–water partition coefficient (Wildman–Crippen LogP) is 4.22. The van der Waals surface area contributed by atoms with Gasteiger partial charge in [-0.2, -0.15) is 0 Å². The summed E-state index contributed by atoms with van der Waals surface area (Å²) in [7, 11) is 2.01. The van der Waals surface area contributed by atoms with Gasteiger partial charge in [0.05, 0.1) is 0 Å². The summed E-state index contributed by atoms with van der Waals surface area (Å²) in [6.45, 7) is 4.36.